The van der Waals surface area contributed by atoms with Gasteiger partial charge in [0.2, 0.25) is 17.5 Å². The van der Waals surface area contributed by atoms with Crippen LogP contribution in [0.15, 0.2) is 47.0 Å². The second-order valence-electron chi connectivity index (χ2n) is 6.71. The molecule has 1 amide bonds. The molecule has 0 radical (unpaired) electrons. The van der Waals surface area contributed by atoms with Gasteiger partial charge in [0, 0.05) is 18.1 Å². The van der Waals surface area contributed by atoms with Gasteiger partial charge in [0.1, 0.15) is 5.69 Å². The molecule has 0 saturated carbocycles. The molecule has 0 fully saturated rings. The van der Waals surface area contributed by atoms with Crippen LogP contribution in [0, 0.1) is 0 Å². The lowest BCUT2D eigenvalue weighted by Gasteiger charge is -2.14. The first-order valence-corrected chi connectivity index (χ1v) is 9.72. The molecule has 0 unspecified atom stereocenters. The van der Waals surface area contributed by atoms with Gasteiger partial charge >= 0.3 is 0 Å². The fourth-order valence-electron chi connectivity index (χ4n) is 3.12. The van der Waals surface area contributed by atoms with Gasteiger partial charge in [-0.2, -0.15) is 0 Å². The highest BCUT2D eigenvalue weighted by atomic mass is 16.5. The van der Waals surface area contributed by atoms with Crippen LogP contribution in [0.2, 0.25) is 0 Å². The number of anilines is 1. The molecule has 30 heavy (non-hydrogen) atoms. The molecule has 3 rings (SSSR count). The molecule has 0 aliphatic heterocycles. The summed E-state index contributed by atoms with van der Waals surface area (Å²) in [4.78, 5) is 12.4. The van der Waals surface area contributed by atoms with E-state index in [1.165, 1.54) is 5.56 Å². The van der Waals surface area contributed by atoms with Gasteiger partial charge in [0.25, 0.3) is 0 Å². The van der Waals surface area contributed by atoms with E-state index in [0.29, 0.717) is 35.2 Å². The molecule has 7 heteroatoms. The number of nitrogens with zero attached hydrogens (tertiary/aromatic N) is 1. The fraction of sp³-hybridized carbons (Fsp3) is 0.304. The van der Waals surface area contributed by atoms with E-state index < -0.39 is 0 Å². The molecule has 2 aromatic carbocycles. The van der Waals surface area contributed by atoms with Gasteiger partial charge < -0.3 is 18.7 Å². The van der Waals surface area contributed by atoms with E-state index in [1.54, 1.807) is 27.4 Å². The molecule has 0 aliphatic carbocycles. The molecule has 0 saturated heterocycles. The summed E-state index contributed by atoms with van der Waals surface area (Å²) < 4.78 is 21.3. The average molecular weight is 410 g/mol. The summed E-state index contributed by atoms with van der Waals surface area (Å²) in [6, 6.07) is 13.5. The van der Waals surface area contributed by atoms with Crippen LogP contribution in [0.5, 0.6) is 17.2 Å². The maximum atomic E-state index is 12.4. The van der Waals surface area contributed by atoms with Crippen LogP contribution < -0.4 is 19.5 Å². The first-order valence-electron chi connectivity index (χ1n) is 9.72. The molecule has 0 spiro atoms. The zero-order chi connectivity index (χ0) is 21.5. The minimum atomic E-state index is -0.173. The quantitative estimate of drug-likeness (QED) is 0.559. The van der Waals surface area contributed by atoms with E-state index in [4.69, 9.17) is 18.7 Å². The maximum absolute atomic E-state index is 12.4. The third-order valence-electron chi connectivity index (χ3n) is 4.80. The summed E-state index contributed by atoms with van der Waals surface area (Å²) in [5, 5.41) is 6.79. The second kappa shape index (κ2) is 9.82. The third-order valence-corrected chi connectivity index (χ3v) is 4.80. The van der Waals surface area contributed by atoms with Crippen LogP contribution in [0.3, 0.4) is 0 Å². The third kappa shape index (κ3) is 4.92. The smallest absolute Gasteiger partial charge is 0.231 e. The number of hydrogen-bond acceptors (Lipinski definition) is 6. The number of nitrogens with one attached hydrogen (secondary N) is 1. The van der Waals surface area contributed by atoms with Crippen molar-refractivity contribution in [2.45, 2.75) is 26.2 Å². The monoisotopic (exact) mass is 410 g/mol. The van der Waals surface area contributed by atoms with Crippen LogP contribution in [0.4, 0.5) is 5.88 Å². The van der Waals surface area contributed by atoms with Gasteiger partial charge in [0.15, 0.2) is 11.5 Å². The van der Waals surface area contributed by atoms with Gasteiger partial charge in [-0.3, -0.25) is 10.1 Å². The van der Waals surface area contributed by atoms with Gasteiger partial charge in [-0.15, -0.1) is 0 Å². The Balaban J connectivity index is 1.62. The summed E-state index contributed by atoms with van der Waals surface area (Å²) in [6.07, 6.45) is 1.74. The summed E-state index contributed by atoms with van der Waals surface area (Å²) in [7, 11) is 4.67. The van der Waals surface area contributed by atoms with Crippen molar-refractivity contribution in [2.75, 3.05) is 26.6 Å². The first-order chi connectivity index (χ1) is 14.6. The van der Waals surface area contributed by atoms with Crippen molar-refractivity contribution in [1.29, 1.82) is 0 Å². The second-order valence-corrected chi connectivity index (χ2v) is 6.71. The Bertz CT molecular complexity index is 970. The van der Waals surface area contributed by atoms with Crippen LogP contribution >= 0.6 is 0 Å². The predicted octanol–water partition coefficient (Wildman–Crippen LogP) is 4.50. The van der Waals surface area contributed by atoms with E-state index in [9.17, 15) is 4.79 Å². The molecular formula is C23H26N2O5. The highest BCUT2D eigenvalue weighted by Crippen LogP contribution is 2.38. The number of rotatable bonds is 9. The zero-order valence-corrected chi connectivity index (χ0v) is 17.7. The van der Waals surface area contributed by atoms with Crippen LogP contribution in [0.1, 0.15) is 24.5 Å². The van der Waals surface area contributed by atoms with Crippen molar-refractivity contribution in [3.63, 3.8) is 0 Å². The molecule has 0 bridgehead atoms. The first kappa shape index (κ1) is 21.2. The number of carbonyl (C=O) groups is 1. The number of ether oxygens (including phenoxy) is 3. The summed E-state index contributed by atoms with van der Waals surface area (Å²) in [5.74, 6) is 1.78. The zero-order valence-electron chi connectivity index (χ0n) is 17.7. The van der Waals surface area contributed by atoms with Crippen molar-refractivity contribution < 1.29 is 23.5 Å². The van der Waals surface area contributed by atoms with Crippen LogP contribution in [0.25, 0.3) is 11.3 Å². The molecule has 3 aromatic rings. The highest BCUT2D eigenvalue weighted by Gasteiger charge is 2.15. The van der Waals surface area contributed by atoms with Crippen molar-refractivity contribution in [2.24, 2.45) is 0 Å². The van der Waals surface area contributed by atoms with Crippen molar-refractivity contribution >= 4 is 11.8 Å². The number of aromatic nitrogens is 1. The Morgan fingerprint density at radius 3 is 2.20 bits per heavy atom. The highest BCUT2D eigenvalue weighted by molar-refractivity contribution is 5.90. The SMILES string of the molecule is CCc1ccc(-c2cc(NC(=O)CCc3cc(OC)c(OC)c(OC)c3)on2)cc1. The average Bonchev–Trinajstić information content (AvgIpc) is 3.25. The maximum Gasteiger partial charge on any atom is 0.231 e. The van der Waals surface area contributed by atoms with Gasteiger partial charge in [-0.05, 0) is 36.1 Å². The van der Waals surface area contributed by atoms with Crippen LogP contribution in [-0.4, -0.2) is 32.4 Å². The van der Waals surface area contributed by atoms with E-state index in [2.05, 4.69) is 29.5 Å². The molecule has 0 aliphatic rings. The topological polar surface area (TPSA) is 82.8 Å². The minimum absolute atomic E-state index is 0.173. The summed E-state index contributed by atoms with van der Waals surface area (Å²) in [5.41, 5.74) is 3.77. The molecule has 0 atom stereocenters. The number of amides is 1. The van der Waals surface area contributed by atoms with E-state index >= 15 is 0 Å². The normalized spacial score (nSPS) is 10.5. The predicted molar refractivity (Wildman–Crippen MR) is 114 cm³/mol. The van der Waals surface area contributed by atoms with E-state index in [1.807, 2.05) is 24.3 Å². The minimum Gasteiger partial charge on any atom is -0.493 e. The molecule has 7 nitrogen and oxygen atoms in total. The number of carbonyl (C=O) groups excluding carboxylic acids is 1. The Hall–Kier alpha value is -3.48. The van der Waals surface area contributed by atoms with Gasteiger partial charge in [0.05, 0.1) is 21.3 Å². The lowest BCUT2D eigenvalue weighted by Crippen LogP contribution is -2.11. The molecule has 158 valence electrons. The van der Waals surface area contributed by atoms with E-state index in [0.717, 1.165) is 17.5 Å². The molecule has 1 aromatic heterocycles. The summed E-state index contributed by atoms with van der Waals surface area (Å²) >= 11 is 0. The lowest BCUT2D eigenvalue weighted by molar-refractivity contribution is -0.116. The van der Waals surface area contributed by atoms with Gasteiger partial charge in [-0.1, -0.05) is 36.3 Å². The molecule has 1 N–H and O–H groups in total. The number of hydrogen-bond donors (Lipinski definition) is 1. The van der Waals surface area contributed by atoms with Crippen LogP contribution in [-0.2, 0) is 17.6 Å². The fourth-order valence-corrected chi connectivity index (χ4v) is 3.12. The summed E-state index contributed by atoms with van der Waals surface area (Å²) in [6.45, 7) is 2.11. The Morgan fingerprint density at radius 2 is 1.63 bits per heavy atom. The Morgan fingerprint density at radius 1 is 0.967 bits per heavy atom. The molecule has 1 heterocycles. The Kier molecular flexibility index (Phi) is 6.95. The van der Waals surface area contributed by atoms with Gasteiger partial charge in [-0.25, -0.2) is 0 Å². The Labute approximate surface area is 175 Å². The number of aryl methyl sites for hydroxylation is 2. The standard InChI is InChI=1S/C23H26N2O5/c1-5-15-6-9-17(10-7-15)18-14-22(30-25-18)24-21(26)11-8-16-12-19(27-2)23(29-4)20(13-16)28-3/h6-7,9-10,12-14H,5,8,11H2,1-4H3,(H,24,26). The molecular weight excluding hydrogens is 384 g/mol. The number of methoxy groups -OCH3 is 3. The largest absolute Gasteiger partial charge is 0.493 e. The van der Waals surface area contributed by atoms with Crippen molar-refractivity contribution in [3.8, 4) is 28.5 Å². The van der Waals surface area contributed by atoms with Crippen molar-refractivity contribution in [1.82, 2.24) is 5.16 Å². The lowest BCUT2D eigenvalue weighted by atomic mass is 10.1. The van der Waals surface area contributed by atoms with Crippen molar-refractivity contribution in [3.05, 3.63) is 53.6 Å². The van der Waals surface area contributed by atoms with E-state index in [-0.39, 0.29) is 12.3 Å². The number of benzene rings is 2.